The maximum atomic E-state index is 13.4. The van der Waals surface area contributed by atoms with Crippen LogP contribution < -0.4 is 10.2 Å². The van der Waals surface area contributed by atoms with Crippen molar-refractivity contribution in [3.8, 4) is 11.3 Å². The van der Waals surface area contributed by atoms with Gasteiger partial charge in [-0.25, -0.2) is 13.9 Å². The average Bonchev–Trinajstić information content (AvgIpc) is 3.23. The van der Waals surface area contributed by atoms with Crippen molar-refractivity contribution in [3.63, 3.8) is 0 Å². The first-order valence-electron chi connectivity index (χ1n) is 8.31. The zero-order chi connectivity index (χ0) is 19.0. The SMILES string of the molecule is CN(C)c1ccc(CNc2nn3c(-c4ccc(F)c(Cl)c4)cnc3s2)cc1. The standard InChI is InChI=1S/C19H17ClFN5S/c1-25(2)14-6-3-12(4-7-14)10-22-18-24-26-17(11-23-19(26)27-18)13-5-8-16(21)15(20)9-13/h3-9,11H,10H2,1-2H3,(H,22,24). The van der Waals surface area contributed by atoms with Crippen LogP contribution in [0.4, 0.5) is 15.2 Å². The van der Waals surface area contributed by atoms with Crippen LogP contribution in [0.5, 0.6) is 0 Å². The Labute approximate surface area is 165 Å². The van der Waals surface area contributed by atoms with E-state index in [2.05, 4.69) is 44.6 Å². The van der Waals surface area contributed by atoms with E-state index >= 15 is 0 Å². The smallest absolute Gasteiger partial charge is 0.214 e. The molecular weight excluding hydrogens is 385 g/mol. The van der Waals surface area contributed by atoms with Crippen molar-refractivity contribution in [2.45, 2.75) is 6.54 Å². The first kappa shape index (κ1) is 17.8. The average molecular weight is 402 g/mol. The van der Waals surface area contributed by atoms with Crippen LogP contribution >= 0.6 is 22.9 Å². The number of imidazole rings is 1. The van der Waals surface area contributed by atoms with Gasteiger partial charge in [0, 0.05) is 31.9 Å². The van der Waals surface area contributed by atoms with Gasteiger partial charge in [0.25, 0.3) is 0 Å². The molecule has 2 aromatic carbocycles. The number of halogens is 2. The largest absolute Gasteiger partial charge is 0.378 e. The van der Waals surface area contributed by atoms with Gasteiger partial charge in [-0.15, -0.1) is 5.10 Å². The van der Waals surface area contributed by atoms with Gasteiger partial charge >= 0.3 is 0 Å². The van der Waals surface area contributed by atoms with E-state index in [-0.39, 0.29) is 5.02 Å². The lowest BCUT2D eigenvalue weighted by molar-refractivity contribution is 0.628. The molecule has 0 saturated carbocycles. The minimum Gasteiger partial charge on any atom is -0.378 e. The fraction of sp³-hybridized carbons (Fsp3) is 0.158. The monoisotopic (exact) mass is 401 g/mol. The van der Waals surface area contributed by atoms with Gasteiger partial charge in [-0.3, -0.25) is 0 Å². The molecule has 0 fully saturated rings. The Bertz CT molecular complexity index is 1090. The predicted molar refractivity (Wildman–Crippen MR) is 109 cm³/mol. The third-order valence-electron chi connectivity index (χ3n) is 4.20. The number of nitrogens with zero attached hydrogens (tertiary/aromatic N) is 4. The number of aromatic nitrogens is 3. The van der Waals surface area contributed by atoms with E-state index in [0.717, 1.165) is 27.0 Å². The highest BCUT2D eigenvalue weighted by molar-refractivity contribution is 7.20. The third kappa shape index (κ3) is 3.61. The fourth-order valence-electron chi connectivity index (χ4n) is 2.71. The molecule has 2 heterocycles. The molecule has 0 spiro atoms. The topological polar surface area (TPSA) is 45.5 Å². The number of fused-ring (bicyclic) bond motifs is 1. The van der Waals surface area contributed by atoms with Crippen LogP contribution in [0.2, 0.25) is 5.02 Å². The summed E-state index contributed by atoms with van der Waals surface area (Å²) in [7, 11) is 4.04. The summed E-state index contributed by atoms with van der Waals surface area (Å²) in [6.07, 6.45) is 1.71. The number of rotatable bonds is 5. The maximum Gasteiger partial charge on any atom is 0.214 e. The Balaban J connectivity index is 1.54. The van der Waals surface area contributed by atoms with Crippen LogP contribution in [0.15, 0.2) is 48.7 Å². The Kier molecular flexibility index (Phi) is 4.72. The molecule has 4 aromatic rings. The molecule has 2 aromatic heterocycles. The van der Waals surface area contributed by atoms with Crippen molar-refractivity contribution >= 4 is 38.7 Å². The second-order valence-electron chi connectivity index (χ2n) is 6.29. The number of anilines is 2. The molecule has 0 radical (unpaired) electrons. The summed E-state index contributed by atoms with van der Waals surface area (Å²) < 4.78 is 15.2. The molecule has 1 N–H and O–H groups in total. The zero-order valence-electron chi connectivity index (χ0n) is 14.8. The first-order chi connectivity index (χ1) is 13.0. The zero-order valence-corrected chi connectivity index (χ0v) is 16.4. The summed E-state index contributed by atoms with van der Waals surface area (Å²) in [5.74, 6) is -0.443. The molecule has 0 unspecified atom stereocenters. The molecule has 0 aliphatic rings. The summed E-state index contributed by atoms with van der Waals surface area (Å²) in [6.45, 7) is 0.669. The molecule has 0 atom stereocenters. The number of hydrogen-bond acceptors (Lipinski definition) is 5. The predicted octanol–water partition coefficient (Wildman–Crippen LogP) is 4.93. The van der Waals surface area contributed by atoms with Gasteiger partial charge in [0.15, 0.2) is 0 Å². The van der Waals surface area contributed by atoms with Crippen LogP contribution in [-0.4, -0.2) is 28.7 Å². The molecule has 0 saturated heterocycles. The van der Waals surface area contributed by atoms with E-state index in [4.69, 9.17) is 11.6 Å². The molecular formula is C19H17ClFN5S. The highest BCUT2D eigenvalue weighted by Crippen LogP contribution is 2.28. The quantitative estimate of drug-likeness (QED) is 0.515. The number of benzene rings is 2. The van der Waals surface area contributed by atoms with E-state index in [9.17, 15) is 4.39 Å². The Hall–Kier alpha value is -2.64. The van der Waals surface area contributed by atoms with Gasteiger partial charge in [-0.2, -0.15) is 0 Å². The van der Waals surface area contributed by atoms with Gasteiger partial charge in [0.05, 0.1) is 16.9 Å². The minimum atomic E-state index is -0.443. The van der Waals surface area contributed by atoms with Crippen molar-refractivity contribution in [1.29, 1.82) is 0 Å². The van der Waals surface area contributed by atoms with E-state index in [1.54, 1.807) is 22.8 Å². The fourth-order valence-corrected chi connectivity index (χ4v) is 3.66. The Morgan fingerprint density at radius 3 is 2.67 bits per heavy atom. The first-order valence-corrected chi connectivity index (χ1v) is 9.51. The van der Waals surface area contributed by atoms with Crippen molar-refractivity contribution < 1.29 is 4.39 Å². The lowest BCUT2D eigenvalue weighted by Gasteiger charge is -2.12. The van der Waals surface area contributed by atoms with E-state index < -0.39 is 5.82 Å². The van der Waals surface area contributed by atoms with E-state index in [1.165, 1.54) is 23.0 Å². The van der Waals surface area contributed by atoms with Gasteiger partial charge in [-0.1, -0.05) is 35.1 Å². The third-order valence-corrected chi connectivity index (χ3v) is 5.37. The van der Waals surface area contributed by atoms with Crippen LogP contribution in [0.25, 0.3) is 16.2 Å². The maximum absolute atomic E-state index is 13.4. The van der Waals surface area contributed by atoms with E-state index in [0.29, 0.717) is 6.54 Å². The van der Waals surface area contributed by atoms with Crippen LogP contribution in [0.3, 0.4) is 0 Å². The molecule has 0 amide bonds. The molecule has 0 aliphatic carbocycles. The van der Waals surface area contributed by atoms with Gasteiger partial charge in [0.2, 0.25) is 10.1 Å². The summed E-state index contributed by atoms with van der Waals surface area (Å²) in [5, 5.41) is 8.76. The summed E-state index contributed by atoms with van der Waals surface area (Å²) in [5.41, 5.74) is 3.87. The second-order valence-corrected chi connectivity index (χ2v) is 7.65. The van der Waals surface area contributed by atoms with Crippen molar-refractivity contribution in [2.24, 2.45) is 0 Å². The highest BCUT2D eigenvalue weighted by atomic mass is 35.5. The molecule has 0 aliphatic heterocycles. The van der Waals surface area contributed by atoms with Crippen molar-refractivity contribution in [3.05, 3.63) is 65.1 Å². The summed E-state index contributed by atoms with van der Waals surface area (Å²) in [4.78, 5) is 7.22. The molecule has 4 rings (SSSR count). The van der Waals surface area contributed by atoms with Crippen LogP contribution in [-0.2, 0) is 6.54 Å². The summed E-state index contributed by atoms with van der Waals surface area (Å²) >= 11 is 7.36. The lowest BCUT2D eigenvalue weighted by atomic mass is 10.2. The van der Waals surface area contributed by atoms with Gasteiger partial charge < -0.3 is 10.2 Å². The molecule has 138 valence electrons. The van der Waals surface area contributed by atoms with Gasteiger partial charge in [0.1, 0.15) is 5.82 Å². The normalized spacial score (nSPS) is 11.1. The Morgan fingerprint density at radius 2 is 1.96 bits per heavy atom. The van der Waals surface area contributed by atoms with Gasteiger partial charge in [-0.05, 0) is 35.9 Å². The Morgan fingerprint density at radius 1 is 1.19 bits per heavy atom. The number of hydrogen-bond donors (Lipinski definition) is 1. The van der Waals surface area contributed by atoms with Crippen molar-refractivity contribution in [1.82, 2.24) is 14.6 Å². The molecule has 8 heteroatoms. The highest BCUT2D eigenvalue weighted by Gasteiger charge is 2.13. The second kappa shape index (κ2) is 7.17. The minimum absolute atomic E-state index is 0.0807. The van der Waals surface area contributed by atoms with Crippen LogP contribution in [0, 0.1) is 5.82 Å². The van der Waals surface area contributed by atoms with E-state index in [1.807, 2.05) is 14.1 Å². The van der Waals surface area contributed by atoms with Crippen LogP contribution in [0.1, 0.15) is 5.56 Å². The number of nitrogens with one attached hydrogen (secondary N) is 1. The molecule has 27 heavy (non-hydrogen) atoms. The molecule has 5 nitrogen and oxygen atoms in total. The molecule has 0 bridgehead atoms. The summed E-state index contributed by atoms with van der Waals surface area (Å²) in [6, 6.07) is 13.0. The lowest BCUT2D eigenvalue weighted by Crippen LogP contribution is -2.08. The van der Waals surface area contributed by atoms with Crippen molar-refractivity contribution in [2.75, 3.05) is 24.3 Å².